The maximum atomic E-state index is 6.57. The monoisotopic (exact) mass is 831 g/mol. The lowest BCUT2D eigenvalue weighted by molar-refractivity contribution is 0.603. The first kappa shape index (κ1) is 37.2. The third-order valence-corrected chi connectivity index (χ3v) is 13.8. The number of rotatable bonds is 6. The number of fused-ring (bicyclic) bond motifs is 16. The van der Waals surface area contributed by atoms with Gasteiger partial charge in [-0.25, -0.2) is 0 Å². The highest BCUT2D eigenvalue weighted by Crippen LogP contribution is 2.62. The molecule has 3 heteroatoms. The summed E-state index contributed by atoms with van der Waals surface area (Å²) in [6, 6.07) is 73.3. The van der Waals surface area contributed by atoms with Gasteiger partial charge in [0.1, 0.15) is 22.5 Å². The average Bonchev–Trinajstić information content (AvgIpc) is 3.99. The first-order valence-corrected chi connectivity index (χ1v) is 22.3. The third kappa shape index (κ3) is 5.36. The Bertz CT molecular complexity index is 3750. The first-order chi connectivity index (χ1) is 32.1. The molecule has 2 aliphatic rings. The summed E-state index contributed by atoms with van der Waals surface area (Å²) in [4.78, 5) is 2.37. The molecular formula is C62H41NO2. The molecule has 0 radical (unpaired) electrons. The van der Waals surface area contributed by atoms with Crippen molar-refractivity contribution in [3.8, 4) is 44.5 Å². The summed E-state index contributed by atoms with van der Waals surface area (Å²) in [5.74, 6) is 0.762. The molecule has 0 bridgehead atoms. The van der Waals surface area contributed by atoms with Gasteiger partial charge in [0.15, 0.2) is 0 Å². The second kappa shape index (κ2) is 14.3. The fourth-order valence-corrected chi connectivity index (χ4v) is 11.1. The maximum Gasteiger partial charge on any atom is 0.137 e. The zero-order valence-corrected chi connectivity index (χ0v) is 35.8. The van der Waals surface area contributed by atoms with Gasteiger partial charge in [-0.15, -0.1) is 0 Å². The van der Waals surface area contributed by atoms with Gasteiger partial charge >= 0.3 is 0 Å². The number of nitrogens with zero attached hydrogens (tertiary/aromatic N) is 1. The Morgan fingerprint density at radius 2 is 0.985 bits per heavy atom. The van der Waals surface area contributed by atoms with E-state index in [0.29, 0.717) is 0 Å². The largest absolute Gasteiger partial charge is 0.456 e. The molecule has 2 aliphatic carbocycles. The molecule has 11 aromatic rings. The summed E-state index contributed by atoms with van der Waals surface area (Å²) >= 11 is 0. The standard InChI is InChI=1S/C62H41NO2/c1-3-16-48-50-33-31-43(36-60(50)64-58(48)4-2)63(41-29-27-40(28-30-41)39-17-6-5-7-18-39)42-32-34-56-51(35-42)45-20-9-8-19-44(45)46-21-10-13-24-54(46)62(56)55-25-14-11-22-47(55)52-38-61-53(37-57(52)62)49-23-12-15-26-59(49)65-61/h3-38H,2H2,1H3/b16-3-. The molecule has 1 spiro atoms. The minimum atomic E-state index is -0.651. The van der Waals surface area contributed by atoms with Gasteiger partial charge in [-0.1, -0.05) is 158 Å². The first-order valence-electron chi connectivity index (χ1n) is 22.3. The zero-order valence-electron chi connectivity index (χ0n) is 35.8. The Labute approximate surface area is 377 Å². The molecule has 0 saturated heterocycles. The number of furan rings is 2. The number of allylic oxidation sites excluding steroid dienone is 1. The summed E-state index contributed by atoms with van der Waals surface area (Å²) in [6.07, 6.45) is 5.94. The minimum absolute atomic E-state index is 0.651. The van der Waals surface area contributed by atoms with Gasteiger partial charge in [-0.3, -0.25) is 0 Å². The normalized spacial score (nSPS) is 14.6. The van der Waals surface area contributed by atoms with E-state index in [9.17, 15) is 0 Å². The molecule has 306 valence electrons. The summed E-state index contributed by atoms with van der Waals surface area (Å²) in [5, 5.41) is 3.30. The lowest BCUT2D eigenvalue weighted by Gasteiger charge is -2.36. The van der Waals surface area contributed by atoms with Gasteiger partial charge in [-0.2, -0.15) is 0 Å². The Kier molecular flexibility index (Phi) is 8.19. The fraction of sp³-hybridized carbons (Fsp3) is 0.0323. The molecule has 3 nitrogen and oxygen atoms in total. The molecular weight excluding hydrogens is 791 g/mol. The lowest BCUT2D eigenvalue weighted by atomic mass is 9.65. The van der Waals surface area contributed by atoms with Crippen LogP contribution >= 0.6 is 0 Å². The predicted octanol–water partition coefficient (Wildman–Crippen LogP) is 17.2. The molecule has 2 heterocycles. The van der Waals surface area contributed by atoms with E-state index in [4.69, 9.17) is 8.83 Å². The van der Waals surface area contributed by atoms with Crippen molar-refractivity contribution >= 4 is 62.1 Å². The number of para-hydroxylation sites is 1. The van der Waals surface area contributed by atoms with Crippen LogP contribution in [0.2, 0.25) is 0 Å². The summed E-state index contributed by atoms with van der Waals surface area (Å²) in [7, 11) is 0. The van der Waals surface area contributed by atoms with Crippen molar-refractivity contribution in [1.29, 1.82) is 0 Å². The minimum Gasteiger partial charge on any atom is -0.456 e. The fourth-order valence-electron chi connectivity index (χ4n) is 11.1. The van der Waals surface area contributed by atoms with Crippen LogP contribution in [0.15, 0.2) is 222 Å². The molecule has 0 N–H and O–H groups in total. The van der Waals surface area contributed by atoms with Gasteiger partial charge in [-0.05, 0) is 134 Å². The van der Waals surface area contributed by atoms with Crippen LogP contribution < -0.4 is 4.90 Å². The maximum absolute atomic E-state index is 6.57. The molecule has 0 saturated carbocycles. The van der Waals surface area contributed by atoms with Gasteiger partial charge in [0.05, 0.1) is 5.41 Å². The van der Waals surface area contributed by atoms with Crippen LogP contribution in [0.4, 0.5) is 17.1 Å². The van der Waals surface area contributed by atoms with Crippen LogP contribution in [-0.4, -0.2) is 0 Å². The van der Waals surface area contributed by atoms with Gasteiger partial charge in [0.2, 0.25) is 0 Å². The number of anilines is 3. The molecule has 0 aliphatic heterocycles. The van der Waals surface area contributed by atoms with Crippen LogP contribution in [0.25, 0.3) is 89.6 Å². The van der Waals surface area contributed by atoms with Crippen molar-refractivity contribution in [3.05, 3.63) is 246 Å². The highest BCUT2D eigenvalue weighted by atomic mass is 16.3. The topological polar surface area (TPSA) is 29.5 Å². The van der Waals surface area contributed by atoms with E-state index in [1.165, 1.54) is 61.2 Å². The molecule has 9 aromatic carbocycles. The van der Waals surface area contributed by atoms with Gasteiger partial charge < -0.3 is 13.7 Å². The summed E-state index contributed by atoms with van der Waals surface area (Å²) < 4.78 is 13.1. The Morgan fingerprint density at radius 3 is 1.74 bits per heavy atom. The van der Waals surface area contributed by atoms with Gasteiger partial charge in [0, 0.05) is 44.9 Å². The quantitative estimate of drug-likeness (QED) is 0.167. The smallest absolute Gasteiger partial charge is 0.137 e. The van der Waals surface area contributed by atoms with Crippen LogP contribution in [0.1, 0.15) is 40.5 Å². The molecule has 65 heavy (non-hydrogen) atoms. The van der Waals surface area contributed by atoms with Crippen LogP contribution in [0, 0.1) is 0 Å². The van der Waals surface area contributed by atoms with E-state index >= 15 is 0 Å². The lowest BCUT2D eigenvalue weighted by Crippen LogP contribution is -2.29. The highest BCUT2D eigenvalue weighted by molar-refractivity contribution is 6.09. The molecule has 0 amide bonds. The second-order valence-corrected chi connectivity index (χ2v) is 17.1. The van der Waals surface area contributed by atoms with Crippen molar-refractivity contribution in [2.24, 2.45) is 0 Å². The molecule has 1 atom stereocenters. The zero-order chi connectivity index (χ0) is 43.2. The van der Waals surface area contributed by atoms with E-state index in [0.717, 1.165) is 66.9 Å². The second-order valence-electron chi connectivity index (χ2n) is 17.1. The summed E-state index contributed by atoms with van der Waals surface area (Å²) in [6.45, 7) is 6.11. The highest BCUT2D eigenvalue weighted by Gasteiger charge is 2.50. The van der Waals surface area contributed by atoms with Crippen molar-refractivity contribution < 1.29 is 8.83 Å². The van der Waals surface area contributed by atoms with Crippen LogP contribution in [0.3, 0.4) is 0 Å². The van der Waals surface area contributed by atoms with Crippen molar-refractivity contribution in [3.63, 3.8) is 0 Å². The molecule has 0 fully saturated rings. The van der Waals surface area contributed by atoms with Crippen molar-refractivity contribution in [2.75, 3.05) is 4.90 Å². The van der Waals surface area contributed by atoms with Crippen LogP contribution in [0.5, 0.6) is 0 Å². The van der Waals surface area contributed by atoms with Crippen molar-refractivity contribution in [2.45, 2.75) is 12.3 Å². The third-order valence-electron chi connectivity index (χ3n) is 13.8. The average molecular weight is 832 g/mol. The van der Waals surface area contributed by atoms with Gasteiger partial charge in [0.25, 0.3) is 0 Å². The van der Waals surface area contributed by atoms with E-state index in [-0.39, 0.29) is 0 Å². The molecule has 2 aromatic heterocycles. The Hall–Kier alpha value is -8.40. The number of benzene rings is 9. The SMILES string of the molecule is C=Cc1oc2cc(N(c3ccc(-c4ccccc4)cc3)c3ccc4c(c3)-c3ccccc3-c3ccccc3C43c4ccccc4-c4cc5oc6ccccc6c5cc43)ccc2c1/C=C\C. The van der Waals surface area contributed by atoms with Crippen LogP contribution in [-0.2, 0) is 5.41 Å². The molecule has 13 rings (SSSR count). The van der Waals surface area contributed by atoms with E-state index in [1.807, 2.05) is 13.0 Å². The van der Waals surface area contributed by atoms with E-state index in [2.05, 4.69) is 218 Å². The van der Waals surface area contributed by atoms with E-state index < -0.39 is 5.41 Å². The Balaban J connectivity index is 1.10. The number of hydrogen-bond acceptors (Lipinski definition) is 3. The Morgan fingerprint density at radius 1 is 0.415 bits per heavy atom. The number of hydrogen-bond donors (Lipinski definition) is 0. The predicted molar refractivity (Wildman–Crippen MR) is 270 cm³/mol. The van der Waals surface area contributed by atoms with Crippen molar-refractivity contribution in [1.82, 2.24) is 0 Å². The van der Waals surface area contributed by atoms with E-state index in [1.54, 1.807) is 6.08 Å². The summed E-state index contributed by atoms with van der Waals surface area (Å²) in [5.41, 5.74) is 20.7. The molecule has 1 unspecified atom stereocenters.